The first-order valence-electron chi connectivity index (χ1n) is 5.27. The summed E-state index contributed by atoms with van der Waals surface area (Å²) in [4.78, 5) is 11.0. The Morgan fingerprint density at radius 1 is 1.47 bits per heavy atom. The maximum absolute atomic E-state index is 11.0. The number of nitrogens with two attached hydrogens (primary N) is 1. The highest BCUT2D eigenvalue weighted by Gasteiger charge is 2.55. The molecular formula is C9H14N5O+. The van der Waals surface area contributed by atoms with E-state index in [1.807, 2.05) is 6.20 Å². The second-order valence-electron chi connectivity index (χ2n) is 4.40. The Kier molecular flexibility index (Phi) is 1.72. The van der Waals surface area contributed by atoms with E-state index in [9.17, 15) is 4.79 Å². The van der Waals surface area contributed by atoms with E-state index in [1.165, 1.54) is 0 Å². The van der Waals surface area contributed by atoms with E-state index in [4.69, 9.17) is 5.73 Å². The van der Waals surface area contributed by atoms with E-state index in [-0.39, 0.29) is 0 Å². The van der Waals surface area contributed by atoms with E-state index in [2.05, 4.69) is 15.7 Å². The van der Waals surface area contributed by atoms with Crippen molar-refractivity contribution in [1.29, 1.82) is 0 Å². The van der Waals surface area contributed by atoms with Crippen LogP contribution in [-0.4, -0.2) is 35.7 Å². The van der Waals surface area contributed by atoms with Crippen molar-refractivity contribution in [3.05, 3.63) is 11.9 Å². The van der Waals surface area contributed by atoms with Gasteiger partial charge in [-0.25, -0.2) is 0 Å². The lowest BCUT2D eigenvalue weighted by Gasteiger charge is -2.38. The third-order valence-corrected chi connectivity index (χ3v) is 3.37. The molecule has 2 heterocycles. The largest absolute Gasteiger partial charge is 0.364 e. The molecule has 6 heteroatoms. The number of hydrogen-bond acceptors (Lipinski definition) is 4. The SMILES string of the molecule is NC(=O)C1=C[N+](C2CC2)(C2CNC2)N=N1. The van der Waals surface area contributed by atoms with Crippen LogP contribution in [-0.2, 0) is 4.79 Å². The van der Waals surface area contributed by atoms with E-state index in [0.29, 0.717) is 22.4 Å². The molecule has 0 aromatic rings. The smallest absolute Gasteiger partial charge is 0.275 e. The number of amides is 1. The fourth-order valence-electron chi connectivity index (χ4n) is 2.20. The molecule has 1 aliphatic carbocycles. The van der Waals surface area contributed by atoms with Crippen molar-refractivity contribution in [1.82, 2.24) is 5.32 Å². The number of carbonyl (C=O) groups is 1. The van der Waals surface area contributed by atoms with Crippen molar-refractivity contribution >= 4 is 5.91 Å². The van der Waals surface area contributed by atoms with Crippen LogP contribution >= 0.6 is 0 Å². The zero-order chi connectivity index (χ0) is 10.5. The topological polar surface area (TPSA) is 79.8 Å². The molecule has 1 atom stereocenters. The molecule has 1 saturated carbocycles. The number of nitrogens with zero attached hydrogens (tertiary/aromatic N) is 3. The average Bonchev–Trinajstić information content (AvgIpc) is 2.86. The second-order valence-corrected chi connectivity index (χ2v) is 4.40. The van der Waals surface area contributed by atoms with Crippen LogP contribution in [0.3, 0.4) is 0 Å². The third kappa shape index (κ3) is 1.22. The summed E-state index contributed by atoms with van der Waals surface area (Å²) in [6.07, 6.45) is 4.17. The lowest BCUT2D eigenvalue weighted by molar-refractivity contribution is -0.924. The van der Waals surface area contributed by atoms with Crippen LogP contribution < -0.4 is 11.1 Å². The first-order chi connectivity index (χ1) is 7.22. The molecule has 2 aliphatic heterocycles. The lowest BCUT2D eigenvalue weighted by atomic mass is 10.1. The molecule has 1 amide bonds. The first-order valence-corrected chi connectivity index (χ1v) is 5.27. The van der Waals surface area contributed by atoms with Gasteiger partial charge in [0, 0.05) is 18.1 Å². The van der Waals surface area contributed by atoms with Crippen molar-refractivity contribution in [2.75, 3.05) is 13.1 Å². The average molecular weight is 208 g/mol. The van der Waals surface area contributed by atoms with Gasteiger partial charge in [0.1, 0.15) is 12.1 Å². The maximum Gasteiger partial charge on any atom is 0.275 e. The van der Waals surface area contributed by atoms with Gasteiger partial charge in [0.15, 0.2) is 6.20 Å². The van der Waals surface area contributed by atoms with Crippen LogP contribution in [0.5, 0.6) is 0 Å². The Hall–Kier alpha value is -1.27. The molecule has 3 rings (SSSR count). The number of primary amides is 1. The summed E-state index contributed by atoms with van der Waals surface area (Å²) < 4.78 is 0.505. The summed E-state index contributed by atoms with van der Waals surface area (Å²) in [5.74, 6) is -0.480. The Morgan fingerprint density at radius 2 is 2.20 bits per heavy atom. The predicted octanol–water partition coefficient (Wildman–Crippen LogP) is -0.355. The molecular weight excluding hydrogens is 194 g/mol. The van der Waals surface area contributed by atoms with E-state index < -0.39 is 5.91 Å². The third-order valence-electron chi connectivity index (χ3n) is 3.37. The molecule has 0 aromatic carbocycles. The van der Waals surface area contributed by atoms with Crippen molar-refractivity contribution < 1.29 is 9.39 Å². The number of nitrogens with one attached hydrogen (secondary N) is 1. The zero-order valence-electron chi connectivity index (χ0n) is 8.39. The highest BCUT2D eigenvalue weighted by Crippen LogP contribution is 2.42. The van der Waals surface area contributed by atoms with Gasteiger partial charge < -0.3 is 11.1 Å². The summed E-state index contributed by atoms with van der Waals surface area (Å²) >= 11 is 0. The van der Waals surface area contributed by atoms with Crippen LogP contribution in [0.4, 0.5) is 0 Å². The van der Waals surface area contributed by atoms with Crippen LogP contribution in [0.1, 0.15) is 12.8 Å². The number of carbonyl (C=O) groups excluding carboxylic acids is 1. The molecule has 15 heavy (non-hydrogen) atoms. The van der Waals surface area contributed by atoms with Crippen LogP contribution in [0, 0.1) is 0 Å². The van der Waals surface area contributed by atoms with Gasteiger partial charge >= 0.3 is 0 Å². The van der Waals surface area contributed by atoms with Gasteiger partial charge in [-0.2, -0.15) is 0 Å². The standard InChI is InChI=1S/C9H13N5O/c10-9(15)8-5-14(13-12-8,6-1-2-6)7-3-11-4-7/h5-7,11H,1-4H2,(H-,10,15)/p+1. The van der Waals surface area contributed by atoms with Gasteiger partial charge in [0.25, 0.3) is 5.91 Å². The Balaban J connectivity index is 1.93. The fourth-order valence-corrected chi connectivity index (χ4v) is 2.20. The summed E-state index contributed by atoms with van der Waals surface area (Å²) in [6, 6.07) is 0.941. The quantitative estimate of drug-likeness (QED) is 0.621. The highest BCUT2D eigenvalue weighted by atomic mass is 16.1. The number of hydrogen-bond donors (Lipinski definition) is 2. The molecule has 0 spiro atoms. The van der Waals surface area contributed by atoms with Gasteiger partial charge in [-0.15, -0.1) is 4.59 Å². The minimum absolute atomic E-state index is 0.314. The molecule has 1 saturated heterocycles. The summed E-state index contributed by atoms with van der Waals surface area (Å²) in [6.45, 7) is 1.89. The van der Waals surface area contributed by atoms with Crippen LogP contribution in [0.25, 0.3) is 0 Å². The molecule has 3 aliphatic rings. The molecule has 0 bridgehead atoms. The molecule has 0 aromatic heterocycles. The Labute approximate surface area is 87.4 Å². The first kappa shape index (κ1) is 8.99. The van der Waals surface area contributed by atoms with Crippen molar-refractivity contribution in [3.8, 4) is 0 Å². The molecule has 0 radical (unpaired) electrons. The summed E-state index contributed by atoms with van der Waals surface area (Å²) in [7, 11) is 0. The maximum atomic E-state index is 11.0. The Morgan fingerprint density at radius 3 is 2.60 bits per heavy atom. The van der Waals surface area contributed by atoms with Gasteiger partial charge in [-0.3, -0.25) is 4.79 Å². The van der Waals surface area contributed by atoms with E-state index >= 15 is 0 Å². The van der Waals surface area contributed by atoms with Crippen molar-refractivity contribution in [2.45, 2.75) is 24.9 Å². The molecule has 2 fully saturated rings. The van der Waals surface area contributed by atoms with Gasteiger partial charge in [-0.1, -0.05) is 5.11 Å². The molecule has 1 unspecified atom stereocenters. The fraction of sp³-hybridized carbons (Fsp3) is 0.667. The van der Waals surface area contributed by atoms with Crippen LogP contribution in [0.2, 0.25) is 0 Å². The van der Waals surface area contributed by atoms with Gasteiger partial charge in [0.05, 0.1) is 13.1 Å². The van der Waals surface area contributed by atoms with E-state index in [1.54, 1.807) is 0 Å². The zero-order valence-corrected chi connectivity index (χ0v) is 8.39. The summed E-state index contributed by atoms with van der Waals surface area (Å²) in [5.41, 5.74) is 5.53. The minimum atomic E-state index is -0.480. The monoisotopic (exact) mass is 208 g/mol. The predicted molar refractivity (Wildman–Crippen MR) is 52.1 cm³/mol. The number of rotatable bonds is 3. The normalized spacial score (nSPS) is 35.1. The molecule has 80 valence electrons. The second kappa shape index (κ2) is 2.86. The number of quaternary nitrogens is 1. The minimum Gasteiger partial charge on any atom is -0.364 e. The summed E-state index contributed by atoms with van der Waals surface area (Å²) in [5, 5.41) is 11.4. The molecule has 6 nitrogen and oxygen atoms in total. The Bertz CT molecular complexity index is 369. The lowest BCUT2D eigenvalue weighted by Crippen LogP contribution is -2.63. The van der Waals surface area contributed by atoms with Gasteiger partial charge in [-0.05, 0) is 0 Å². The van der Waals surface area contributed by atoms with Crippen LogP contribution in [0.15, 0.2) is 22.2 Å². The van der Waals surface area contributed by atoms with Crippen molar-refractivity contribution in [2.24, 2.45) is 16.1 Å². The van der Waals surface area contributed by atoms with Crippen molar-refractivity contribution in [3.63, 3.8) is 0 Å². The van der Waals surface area contributed by atoms with Gasteiger partial charge in [0.2, 0.25) is 5.70 Å². The molecule has 3 N–H and O–H groups in total. The van der Waals surface area contributed by atoms with E-state index in [0.717, 1.165) is 25.9 Å². The highest BCUT2D eigenvalue weighted by molar-refractivity contribution is 5.91.